The Morgan fingerprint density at radius 3 is 2.62 bits per heavy atom. The van der Waals surface area contributed by atoms with E-state index in [0.29, 0.717) is 12.1 Å². The highest BCUT2D eigenvalue weighted by Gasteiger charge is 2.19. The van der Waals surface area contributed by atoms with Gasteiger partial charge in [-0.2, -0.15) is 0 Å². The molecule has 0 aliphatic rings. The zero-order chi connectivity index (χ0) is 19.2. The van der Waals surface area contributed by atoms with E-state index < -0.39 is 5.82 Å². The van der Waals surface area contributed by atoms with Gasteiger partial charge in [0.05, 0.1) is 11.4 Å². The lowest BCUT2D eigenvalue weighted by Gasteiger charge is -2.24. The molecule has 4 nitrogen and oxygen atoms in total. The van der Waals surface area contributed by atoms with Crippen LogP contribution in [0.3, 0.4) is 0 Å². The average molecular weight is 373 g/mol. The first-order valence-electron chi connectivity index (χ1n) is 8.25. The lowest BCUT2D eigenvalue weighted by molar-refractivity contribution is -0.116. The third-order valence-electron chi connectivity index (χ3n) is 3.78. The van der Waals surface area contributed by atoms with Crippen molar-refractivity contribution in [3.8, 4) is 0 Å². The zero-order valence-corrected chi connectivity index (χ0v) is 15.8. The number of hydrogen-bond donors (Lipinski definition) is 3. The van der Waals surface area contributed by atoms with E-state index in [4.69, 9.17) is 11.5 Å². The van der Waals surface area contributed by atoms with Crippen LogP contribution in [0.4, 0.5) is 15.8 Å². The number of anilines is 2. The van der Waals surface area contributed by atoms with Crippen LogP contribution in [-0.2, 0) is 10.5 Å². The van der Waals surface area contributed by atoms with E-state index in [1.807, 2.05) is 18.2 Å². The van der Waals surface area contributed by atoms with Crippen LogP contribution in [0.15, 0.2) is 48.5 Å². The number of halogens is 1. The summed E-state index contributed by atoms with van der Waals surface area (Å²) in [5.41, 5.74) is 13.5. The molecule has 0 aromatic heterocycles. The molecule has 0 aliphatic carbocycles. The second kappa shape index (κ2) is 8.76. The first-order valence-corrected chi connectivity index (χ1v) is 9.24. The third kappa shape index (κ3) is 6.11. The van der Waals surface area contributed by atoms with Gasteiger partial charge in [-0.15, -0.1) is 11.8 Å². The van der Waals surface area contributed by atoms with E-state index in [1.165, 1.54) is 23.8 Å². The third-order valence-corrected chi connectivity index (χ3v) is 5.19. The van der Waals surface area contributed by atoms with Gasteiger partial charge in [-0.25, -0.2) is 4.39 Å². The molecule has 0 spiro atoms. The predicted molar refractivity (Wildman–Crippen MR) is 109 cm³/mol. The Balaban J connectivity index is 1.87. The van der Waals surface area contributed by atoms with Crippen LogP contribution in [0.25, 0.3) is 6.08 Å². The van der Waals surface area contributed by atoms with E-state index in [0.717, 1.165) is 11.8 Å². The summed E-state index contributed by atoms with van der Waals surface area (Å²) in [5.74, 6) is 0.120. The summed E-state index contributed by atoms with van der Waals surface area (Å²) < 4.78 is 13.3. The number of hydrogen-bond acceptors (Lipinski definition) is 4. The topological polar surface area (TPSA) is 81.1 Å². The monoisotopic (exact) mass is 373 g/mol. The number of benzene rings is 2. The lowest BCUT2D eigenvalue weighted by Crippen LogP contribution is -2.35. The maximum Gasteiger partial charge on any atom is 0.244 e. The van der Waals surface area contributed by atoms with Crippen molar-refractivity contribution in [2.24, 2.45) is 0 Å². The molecule has 0 saturated heterocycles. The summed E-state index contributed by atoms with van der Waals surface area (Å²) in [4.78, 5) is 12.0. The molecule has 26 heavy (non-hydrogen) atoms. The van der Waals surface area contributed by atoms with Crippen LogP contribution >= 0.6 is 11.8 Å². The van der Waals surface area contributed by atoms with Crippen LogP contribution in [-0.4, -0.2) is 17.2 Å². The van der Waals surface area contributed by atoms with Crippen molar-refractivity contribution in [1.82, 2.24) is 5.32 Å². The van der Waals surface area contributed by atoms with Gasteiger partial charge in [-0.1, -0.05) is 30.3 Å². The van der Waals surface area contributed by atoms with Gasteiger partial charge < -0.3 is 16.8 Å². The lowest BCUT2D eigenvalue weighted by atomic mass is 10.1. The fourth-order valence-electron chi connectivity index (χ4n) is 2.23. The molecular formula is C20H24FN3OS. The molecule has 6 heteroatoms. The van der Waals surface area contributed by atoms with Gasteiger partial charge in [-0.05, 0) is 37.6 Å². The maximum atomic E-state index is 13.4. The van der Waals surface area contributed by atoms with Crippen LogP contribution in [0, 0.1) is 5.82 Å². The first-order chi connectivity index (χ1) is 12.3. The van der Waals surface area contributed by atoms with Crippen molar-refractivity contribution in [3.63, 3.8) is 0 Å². The summed E-state index contributed by atoms with van der Waals surface area (Å²) in [6.45, 7) is 4.67. The number of nitrogens with two attached hydrogens (primary N) is 2. The molecule has 1 amide bonds. The summed E-state index contributed by atoms with van der Waals surface area (Å²) in [6.07, 6.45) is 2.80. The van der Waals surface area contributed by atoms with Gasteiger partial charge in [0, 0.05) is 28.7 Å². The number of nitrogen functional groups attached to an aromatic ring is 2. The number of thioether (sulfide) groups is 1. The van der Waals surface area contributed by atoms with Gasteiger partial charge in [0.1, 0.15) is 5.82 Å². The second-order valence-corrected chi connectivity index (χ2v) is 8.27. The van der Waals surface area contributed by atoms with Crippen molar-refractivity contribution in [2.75, 3.05) is 18.0 Å². The Hall–Kier alpha value is -2.47. The summed E-state index contributed by atoms with van der Waals surface area (Å²) in [6, 6.07) is 12.6. The van der Waals surface area contributed by atoms with Crippen LogP contribution in [0.2, 0.25) is 0 Å². The molecule has 138 valence electrons. The van der Waals surface area contributed by atoms with E-state index in [9.17, 15) is 9.18 Å². The van der Waals surface area contributed by atoms with E-state index in [2.05, 4.69) is 31.3 Å². The van der Waals surface area contributed by atoms with Crippen molar-refractivity contribution < 1.29 is 9.18 Å². The smallest absolute Gasteiger partial charge is 0.244 e. The van der Waals surface area contributed by atoms with Gasteiger partial charge >= 0.3 is 0 Å². The molecule has 0 aliphatic heterocycles. The molecule has 2 aromatic carbocycles. The molecular weight excluding hydrogens is 349 g/mol. The largest absolute Gasteiger partial charge is 0.397 e. The Labute approximate surface area is 157 Å². The highest BCUT2D eigenvalue weighted by molar-refractivity contribution is 7.99. The minimum Gasteiger partial charge on any atom is -0.397 e. The molecule has 0 unspecified atom stereocenters. The van der Waals surface area contributed by atoms with Crippen LogP contribution in [0.1, 0.15) is 25.0 Å². The zero-order valence-electron chi connectivity index (χ0n) is 15.0. The van der Waals surface area contributed by atoms with E-state index in [1.54, 1.807) is 11.8 Å². The molecule has 0 radical (unpaired) electrons. The minimum atomic E-state index is -0.491. The van der Waals surface area contributed by atoms with Crippen molar-refractivity contribution >= 4 is 35.1 Å². The molecule has 2 rings (SSSR count). The molecule has 0 bridgehead atoms. The highest BCUT2D eigenvalue weighted by atomic mass is 32.2. The van der Waals surface area contributed by atoms with Crippen LogP contribution < -0.4 is 16.8 Å². The Kier molecular flexibility index (Phi) is 6.69. The fourth-order valence-corrected chi connectivity index (χ4v) is 3.15. The SMILES string of the molecule is CC(C)(CNC(=O)/C=C/c1cc(F)cc(N)c1N)SCc1ccccc1. The van der Waals surface area contributed by atoms with E-state index >= 15 is 0 Å². The number of amides is 1. The standard InChI is InChI=1S/C20H24FN3OS/c1-20(2,26-12-14-6-4-3-5-7-14)13-24-18(25)9-8-15-10-16(21)11-17(22)19(15)23/h3-11H,12-13,22-23H2,1-2H3,(H,24,25)/b9-8+. The normalized spacial score (nSPS) is 11.7. The fraction of sp³-hybridized carbons (Fsp3) is 0.250. The second-order valence-electron chi connectivity index (χ2n) is 6.58. The first kappa shape index (κ1) is 19.8. The Morgan fingerprint density at radius 2 is 1.92 bits per heavy atom. The predicted octanol–water partition coefficient (Wildman–Crippen LogP) is 3.83. The number of carbonyl (C=O) groups is 1. The quantitative estimate of drug-likeness (QED) is 0.509. The maximum absolute atomic E-state index is 13.4. The molecule has 0 saturated carbocycles. The Bertz CT molecular complexity index is 791. The summed E-state index contributed by atoms with van der Waals surface area (Å²) >= 11 is 1.77. The molecule has 0 heterocycles. The van der Waals surface area contributed by atoms with E-state index in [-0.39, 0.29) is 22.0 Å². The van der Waals surface area contributed by atoms with Crippen molar-refractivity contribution in [1.29, 1.82) is 0 Å². The van der Waals surface area contributed by atoms with Crippen LogP contribution in [0.5, 0.6) is 0 Å². The van der Waals surface area contributed by atoms with Gasteiger partial charge in [0.15, 0.2) is 0 Å². The molecule has 2 aromatic rings. The molecule has 0 fully saturated rings. The van der Waals surface area contributed by atoms with Crippen molar-refractivity contribution in [3.05, 3.63) is 65.5 Å². The number of carbonyl (C=O) groups excluding carboxylic acids is 1. The summed E-state index contributed by atoms with van der Waals surface area (Å²) in [5, 5.41) is 2.87. The molecule has 5 N–H and O–H groups in total. The van der Waals surface area contributed by atoms with Gasteiger partial charge in [0.25, 0.3) is 0 Å². The van der Waals surface area contributed by atoms with Gasteiger partial charge in [-0.3, -0.25) is 4.79 Å². The number of nitrogens with one attached hydrogen (secondary N) is 1. The number of rotatable bonds is 7. The van der Waals surface area contributed by atoms with Gasteiger partial charge in [0.2, 0.25) is 5.91 Å². The Morgan fingerprint density at radius 1 is 1.23 bits per heavy atom. The molecule has 0 atom stereocenters. The average Bonchev–Trinajstić information content (AvgIpc) is 2.61. The highest BCUT2D eigenvalue weighted by Crippen LogP contribution is 2.27. The summed E-state index contributed by atoms with van der Waals surface area (Å²) in [7, 11) is 0. The van der Waals surface area contributed by atoms with Crippen molar-refractivity contribution in [2.45, 2.75) is 24.3 Å². The minimum absolute atomic E-state index is 0.123.